The molecule has 0 aromatic heterocycles. The highest BCUT2D eigenvalue weighted by Crippen LogP contribution is 2.35. The number of nitrogens with one attached hydrogen (secondary N) is 1. The number of nitrogens with zero attached hydrogens (tertiary/aromatic N) is 2. The van der Waals surface area contributed by atoms with Gasteiger partial charge in [0.1, 0.15) is 0 Å². The summed E-state index contributed by atoms with van der Waals surface area (Å²) in [6.07, 6.45) is 4.67. The van der Waals surface area contributed by atoms with E-state index < -0.39 is 0 Å². The Kier molecular flexibility index (Phi) is 5.62. The molecule has 0 radical (unpaired) electrons. The summed E-state index contributed by atoms with van der Waals surface area (Å²) >= 11 is 0. The number of benzene rings is 2. The molecule has 3 unspecified atom stereocenters. The van der Waals surface area contributed by atoms with E-state index in [4.69, 9.17) is 0 Å². The van der Waals surface area contributed by atoms with Crippen molar-refractivity contribution in [1.82, 2.24) is 15.1 Å². The fourth-order valence-electron chi connectivity index (χ4n) is 5.59. The number of fused-ring (bicyclic) bond motifs is 1. The molecule has 0 bridgehead atoms. The zero-order chi connectivity index (χ0) is 20.5. The van der Waals surface area contributed by atoms with Crippen molar-refractivity contribution in [3.8, 4) is 0 Å². The van der Waals surface area contributed by atoms with Gasteiger partial charge in [-0.05, 0) is 74.4 Å². The Labute approximate surface area is 180 Å². The average Bonchev–Trinajstić information content (AvgIpc) is 3.12. The number of carbonyl (C=O) groups excluding carboxylic acids is 1. The summed E-state index contributed by atoms with van der Waals surface area (Å²) in [4.78, 5) is 17.7. The minimum absolute atomic E-state index is 0.233. The second-order valence-corrected chi connectivity index (χ2v) is 9.38. The van der Waals surface area contributed by atoms with Crippen molar-refractivity contribution in [2.45, 2.75) is 63.7 Å². The van der Waals surface area contributed by atoms with E-state index in [0.29, 0.717) is 18.0 Å². The lowest BCUT2D eigenvalue weighted by Crippen LogP contribution is -2.46. The van der Waals surface area contributed by atoms with E-state index in [-0.39, 0.29) is 5.91 Å². The molecule has 3 atom stereocenters. The van der Waals surface area contributed by atoms with E-state index in [0.717, 1.165) is 51.1 Å². The molecule has 3 heterocycles. The van der Waals surface area contributed by atoms with Gasteiger partial charge in [-0.15, -0.1) is 0 Å². The van der Waals surface area contributed by atoms with Crippen LogP contribution in [0, 0.1) is 0 Å². The molecule has 0 spiro atoms. The van der Waals surface area contributed by atoms with Crippen molar-refractivity contribution in [2.75, 3.05) is 19.6 Å². The van der Waals surface area contributed by atoms with Crippen LogP contribution in [-0.2, 0) is 13.1 Å². The number of piperidine rings is 2. The van der Waals surface area contributed by atoms with Gasteiger partial charge in [-0.1, -0.05) is 42.5 Å². The minimum atomic E-state index is 0.233. The first-order chi connectivity index (χ1) is 14.7. The molecule has 3 aliphatic heterocycles. The lowest BCUT2D eigenvalue weighted by atomic mass is 9.84. The molecule has 1 N–H and O–H groups in total. The van der Waals surface area contributed by atoms with E-state index in [2.05, 4.69) is 70.6 Å². The molecule has 158 valence electrons. The number of likely N-dealkylation sites (tertiary alicyclic amines) is 1. The van der Waals surface area contributed by atoms with Gasteiger partial charge in [0.2, 0.25) is 0 Å². The maximum absolute atomic E-state index is 12.9. The molecular formula is C26H33N3O. The highest BCUT2D eigenvalue weighted by atomic mass is 16.2. The van der Waals surface area contributed by atoms with Crippen molar-refractivity contribution in [3.63, 3.8) is 0 Å². The molecule has 30 heavy (non-hydrogen) atoms. The van der Waals surface area contributed by atoms with Crippen molar-refractivity contribution in [1.29, 1.82) is 0 Å². The molecule has 2 fully saturated rings. The van der Waals surface area contributed by atoms with Gasteiger partial charge in [0.15, 0.2) is 0 Å². The van der Waals surface area contributed by atoms with Gasteiger partial charge < -0.3 is 10.2 Å². The summed E-state index contributed by atoms with van der Waals surface area (Å²) in [7, 11) is 0. The first kappa shape index (κ1) is 19.8. The van der Waals surface area contributed by atoms with E-state index in [1.165, 1.54) is 29.5 Å². The van der Waals surface area contributed by atoms with Gasteiger partial charge in [-0.25, -0.2) is 0 Å². The monoisotopic (exact) mass is 403 g/mol. The molecule has 4 heteroatoms. The predicted molar refractivity (Wildman–Crippen MR) is 120 cm³/mol. The van der Waals surface area contributed by atoms with Crippen molar-refractivity contribution < 1.29 is 4.79 Å². The smallest absolute Gasteiger partial charge is 0.254 e. The third-order valence-electron chi connectivity index (χ3n) is 7.39. The van der Waals surface area contributed by atoms with Crippen molar-refractivity contribution in [3.05, 3.63) is 70.8 Å². The zero-order valence-electron chi connectivity index (χ0n) is 18.0. The van der Waals surface area contributed by atoms with Crippen LogP contribution in [0.1, 0.15) is 65.6 Å². The number of rotatable bonds is 4. The SMILES string of the molecule is CC1CC(c2ccc3c(c2)CN(C2CCCNC2)C3=O)CCN1Cc1ccccc1. The van der Waals surface area contributed by atoms with Crippen LogP contribution in [-0.4, -0.2) is 47.4 Å². The van der Waals surface area contributed by atoms with Gasteiger partial charge in [-0.3, -0.25) is 9.69 Å². The standard InChI is InChI=1S/C26H33N3O/c1-19-14-22(11-13-28(19)17-20-6-3-2-4-7-20)21-9-10-25-23(15-21)18-29(26(25)30)24-8-5-12-27-16-24/h2-4,6-7,9-10,15,19,22,24,27H,5,8,11-14,16-18H2,1H3. The van der Waals surface area contributed by atoms with Gasteiger partial charge >= 0.3 is 0 Å². The van der Waals surface area contributed by atoms with E-state index in [9.17, 15) is 4.79 Å². The third kappa shape index (κ3) is 3.91. The zero-order valence-corrected chi connectivity index (χ0v) is 18.0. The predicted octanol–water partition coefficient (Wildman–Crippen LogP) is 4.16. The van der Waals surface area contributed by atoms with E-state index >= 15 is 0 Å². The Morgan fingerprint density at radius 3 is 2.73 bits per heavy atom. The molecule has 0 saturated carbocycles. The van der Waals surface area contributed by atoms with Crippen LogP contribution in [0.15, 0.2) is 48.5 Å². The maximum atomic E-state index is 12.9. The molecular weight excluding hydrogens is 370 g/mol. The molecule has 5 rings (SSSR count). The maximum Gasteiger partial charge on any atom is 0.254 e. The summed E-state index contributed by atoms with van der Waals surface area (Å²) in [5, 5.41) is 3.45. The first-order valence-electron chi connectivity index (χ1n) is 11.6. The van der Waals surface area contributed by atoms with Crippen LogP contribution in [0.3, 0.4) is 0 Å². The molecule has 2 aromatic carbocycles. The topological polar surface area (TPSA) is 35.6 Å². The molecule has 4 nitrogen and oxygen atoms in total. The summed E-state index contributed by atoms with van der Waals surface area (Å²) in [5.41, 5.74) is 4.99. The largest absolute Gasteiger partial charge is 0.330 e. The fraction of sp³-hybridized carbons (Fsp3) is 0.500. The first-order valence-corrected chi connectivity index (χ1v) is 11.6. The summed E-state index contributed by atoms with van der Waals surface area (Å²) in [6, 6.07) is 18.4. The summed E-state index contributed by atoms with van der Waals surface area (Å²) in [5.74, 6) is 0.828. The van der Waals surface area contributed by atoms with Crippen LogP contribution < -0.4 is 5.32 Å². The van der Waals surface area contributed by atoms with Crippen LogP contribution >= 0.6 is 0 Å². The van der Waals surface area contributed by atoms with Crippen LogP contribution in [0.2, 0.25) is 0 Å². The lowest BCUT2D eigenvalue weighted by Gasteiger charge is -2.38. The van der Waals surface area contributed by atoms with Gasteiger partial charge in [0, 0.05) is 37.3 Å². The second-order valence-electron chi connectivity index (χ2n) is 9.38. The van der Waals surface area contributed by atoms with Crippen molar-refractivity contribution in [2.24, 2.45) is 0 Å². The Bertz CT molecular complexity index is 890. The highest BCUT2D eigenvalue weighted by molar-refractivity contribution is 5.98. The lowest BCUT2D eigenvalue weighted by molar-refractivity contribution is 0.0674. The van der Waals surface area contributed by atoms with Gasteiger partial charge in [0.05, 0.1) is 0 Å². The Balaban J connectivity index is 1.25. The Morgan fingerprint density at radius 2 is 1.97 bits per heavy atom. The van der Waals surface area contributed by atoms with Gasteiger partial charge in [0.25, 0.3) is 5.91 Å². The van der Waals surface area contributed by atoms with Crippen LogP contribution in [0.25, 0.3) is 0 Å². The Morgan fingerprint density at radius 1 is 1.10 bits per heavy atom. The van der Waals surface area contributed by atoms with Crippen molar-refractivity contribution >= 4 is 5.91 Å². The molecule has 0 aliphatic carbocycles. The molecule has 3 aliphatic rings. The number of amides is 1. The highest BCUT2D eigenvalue weighted by Gasteiger charge is 2.34. The van der Waals surface area contributed by atoms with E-state index in [1.807, 2.05) is 0 Å². The number of hydrogen-bond donors (Lipinski definition) is 1. The molecule has 2 aromatic rings. The van der Waals surface area contributed by atoms with E-state index in [1.54, 1.807) is 0 Å². The van der Waals surface area contributed by atoms with Crippen LogP contribution in [0.4, 0.5) is 0 Å². The fourth-order valence-corrected chi connectivity index (χ4v) is 5.59. The second kappa shape index (κ2) is 8.52. The average molecular weight is 404 g/mol. The summed E-state index contributed by atoms with van der Waals surface area (Å²) in [6.45, 7) is 7.34. The number of carbonyl (C=O) groups is 1. The molecule has 2 saturated heterocycles. The quantitative estimate of drug-likeness (QED) is 0.833. The number of hydrogen-bond acceptors (Lipinski definition) is 3. The summed E-state index contributed by atoms with van der Waals surface area (Å²) < 4.78 is 0. The Hall–Kier alpha value is -2.17. The molecule has 1 amide bonds. The minimum Gasteiger partial charge on any atom is -0.330 e. The van der Waals surface area contributed by atoms with Gasteiger partial charge in [-0.2, -0.15) is 0 Å². The normalized spacial score (nSPS) is 27.3. The third-order valence-corrected chi connectivity index (χ3v) is 7.39. The van der Waals surface area contributed by atoms with Crippen LogP contribution in [0.5, 0.6) is 0 Å².